The van der Waals surface area contributed by atoms with Gasteiger partial charge >= 0.3 is 0 Å². The zero-order chi connectivity index (χ0) is 11.3. The minimum absolute atomic E-state index is 0.310. The second kappa shape index (κ2) is 5.70. The molecule has 15 heavy (non-hydrogen) atoms. The van der Waals surface area contributed by atoms with Gasteiger partial charge in [-0.3, -0.25) is 10.1 Å². The molecule has 1 rings (SSSR count). The van der Waals surface area contributed by atoms with Gasteiger partial charge in [-0.05, 0) is 12.1 Å². The number of rotatable bonds is 5. The molecule has 0 fully saturated rings. The fourth-order valence-electron chi connectivity index (χ4n) is 1.08. The van der Waals surface area contributed by atoms with Crippen LogP contribution < -0.4 is 0 Å². The Morgan fingerprint density at radius 1 is 1.53 bits per heavy atom. The van der Waals surface area contributed by atoms with Crippen LogP contribution in [0.2, 0.25) is 0 Å². The fourth-order valence-corrected chi connectivity index (χ4v) is 2.19. The smallest absolute Gasteiger partial charge is 0.222 e. The molecule has 1 unspecified atom stereocenters. The molecular weight excluding hydrogens is 217 g/mol. The second-order valence-electron chi connectivity index (χ2n) is 3.09. The summed E-state index contributed by atoms with van der Waals surface area (Å²) in [6.07, 6.45) is 0.467. The van der Waals surface area contributed by atoms with Crippen molar-refractivity contribution in [3.05, 3.63) is 40.2 Å². The quantitative estimate of drug-likeness (QED) is 0.443. The Hall–Kier alpha value is -1.10. The van der Waals surface area contributed by atoms with Gasteiger partial charge in [-0.25, -0.2) is 4.39 Å². The lowest BCUT2D eigenvalue weighted by molar-refractivity contribution is -0.516. The van der Waals surface area contributed by atoms with E-state index < -0.39 is 6.04 Å². The average Bonchev–Trinajstić information content (AvgIpc) is 2.21. The van der Waals surface area contributed by atoms with Crippen molar-refractivity contribution in [2.45, 2.75) is 24.3 Å². The molecule has 0 aliphatic heterocycles. The molecule has 0 N–H and O–H groups in total. The third kappa shape index (κ3) is 3.51. The lowest BCUT2D eigenvalue weighted by Crippen LogP contribution is -2.20. The van der Waals surface area contributed by atoms with E-state index in [4.69, 9.17) is 0 Å². The van der Waals surface area contributed by atoms with E-state index in [0.717, 1.165) is 0 Å². The topological polar surface area (TPSA) is 43.1 Å². The normalized spacial score (nSPS) is 12.4. The third-order valence-electron chi connectivity index (χ3n) is 2.04. The van der Waals surface area contributed by atoms with Crippen LogP contribution in [0.4, 0.5) is 4.39 Å². The van der Waals surface area contributed by atoms with Crippen LogP contribution in [-0.4, -0.2) is 16.7 Å². The maximum atomic E-state index is 13.2. The summed E-state index contributed by atoms with van der Waals surface area (Å²) in [5.74, 6) is -0.00884. The molecule has 0 heterocycles. The SMILES string of the molecule is CCC(CSc1ccccc1F)[N+](=O)[O-]. The van der Waals surface area contributed by atoms with Crippen molar-refractivity contribution in [3.63, 3.8) is 0 Å². The minimum Gasteiger partial charge on any atom is -0.264 e. The van der Waals surface area contributed by atoms with Gasteiger partial charge in [0.1, 0.15) is 5.82 Å². The van der Waals surface area contributed by atoms with Gasteiger partial charge < -0.3 is 0 Å². The molecule has 3 nitrogen and oxygen atoms in total. The number of halogens is 1. The van der Waals surface area contributed by atoms with Crippen LogP contribution in [0, 0.1) is 15.9 Å². The molecule has 0 aliphatic rings. The van der Waals surface area contributed by atoms with E-state index in [9.17, 15) is 14.5 Å². The molecule has 0 bridgehead atoms. The number of nitro groups is 1. The number of thioether (sulfide) groups is 1. The standard InChI is InChI=1S/C10H12FNO2S/c1-2-8(12(13)14)7-15-10-6-4-3-5-9(10)11/h3-6,8H,2,7H2,1H3. The Morgan fingerprint density at radius 2 is 2.20 bits per heavy atom. The van der Waals surface area contributed by atoms with Gasteiger partial charge in [0.25, 0.3) is 0 Å². The lowest BCUT2D eigenvalue weighted by atomic mass is 10.3. The van der Waals surface area contributed by atoms with E-state index in [1.54, 1.807) is 25.1 Å². The molecule has 0 radical (unpaired) electrons. The summed E-state index contributed by atoms with van der Waals surface area (Å²) < 4.78 is 13.2. The minimum atomic E-state index is -0.602. The van der Waals surface area contributed by atoms with Crippen LogP contribution in [0.5, 0.6) is 0 Å². The number of hydrogen-bond acceptors (Lipinski definition) is 3. The Balaban J connectivity index is 2.56. The van der Waals surface area contributed by atoms with Crippen LogP contribution >= 0.6 is 11.8 Å². The summed E-state index contributed by atoms with van der Waals surface area (Å²) >= 11 is 1.19. The molecule has 0 aliphatic carbocycles. The first-order valence-electron chi connectivity index (χ1n) is 4.66. The van der Waals surface area contributed by atoms with Gasteiger partial charge in [-0.1, -0.05) is 19.1 Å². The second-order valence-corrected chi connectivity index (χ2v) is 4.15. The summed E-state index contributed by atoms with van der Waals surface area (Å²) in [5.41, 5.74) is 0. The first-order valence-corrected chi connectivity index (χ1v) is 5.64. The Kier molecular flexibility index (Phi) is 4.55. The van der Waals surface area contributed by atoms with Crippen LogP contribution in [0.25, 0.3) is 0 Å². The van der Waals surface area contributed by atoms with Gasteiger partial charge in [0.15, 0.2) is 0 Å². The molecule has 1 aromatic carbocycles. The molecule has 0 aromatic heterocycles. The maximum absolute atomic E-state index is 13.2. The molecule has 0 saturated carbocycles. The number of hydrogen-bond donors (Lipinski definition) is 0. The highest BCUT2D eigenvalue weighted by Gasteiger charge is 2.18. The van der Waals surface area contributed by atoms with E-state index in [1.165, 1.54) is 17.8 Å². The Bertz CT molecular complexity index is 346. The van der Waals surface area contributed by atoms with Crippen molar-refractivity contribution in [2.75, 3.05) is 5.75 Å². The molecule has 1 aromatic rings. The van der Waals surface area contributed by atoms with Gasteiger partial charge in [0, 0.05) is 16.2 Å². The van der Waals surface area contributed by atoms with Gasteiger partial charge in [0.05, 0.1) is 5.75 Å². The zero-order valence-electron chi connectivity index (χ0n) is 8.35. The number of nitrogens with zero attached hydrogens (tertiary/aromatic N) is 1. The van der Waals surface area contributed by atoms with Crippen LogP contribution in [0.15, 0.2) is 29.2 Å². The van der Waals surface area contributed by atoms with E-state index >= 15 is 0 Å². The molecule has 0 spiro atoms. The Labute approximate surface area is 91.8 Å². The first kappa shape index (κ1) is 12.0. The van der Waals surface area contributed by atoms with Crippen molar-refractivity contribution in [2.24, 2.45) is 0 Å². The molecule has 0 saturated heterocycles. The van der Waals surface area contributed by atoms with E-state index in [-0.39, 0.29) is 10.7 Å². The largest absolute Gasteiger partial charge is 0.264 e. The van der Waals surface area contributed by atoms with Crippen molar-refractivity contribution >= 4 is 11.8 Å². The summed E-state index contributed by atoms with van der Waals surface area (Å²) in [6.45, 7) is 1.76. The van der Waals surface area contributed by atoms with Crippen molar-refractivity contribution < 1.29 is 9.31 Å². The summed E-state index contributed by atoms with van der Waals surface area (Å²) in [5, 5.41) is 10.5. The van der Waals surface area contributed by atoms with Crippen molar-refractivity contribution in [1.82, 2.24) is 0 Å². The summed E-state index contributed by atoms with van der Waals surface area (Å²) in [6, 6.07) is 5.71. The third-order valence-corrected chi connectivity index (χ3v) is 3.23. The van der Waals surface area contributed by atoms with Gasteiger partial charge in [-0.2, -0.15) is 0 Å². The monoisotopic (exact) mass is 229 g/mol. The average molecular weight is 229 g/mol. The predicted octanol–water partition coefficient (Wildman–Crippen LogP) is 2.97. The van der Waals surface area contributed by atoms with E-state index in [0.29, 0.717) is 17.1 Å². The number of benzene rings is 1. The predicted molar refractivity (Wildman–Crippen MR) is 58.2 cm³/mol. The highest BCUT2D eigenvalue weighted by molar-refractivity contribution is 7.99. The van der Waals surface area contributed by atoms with Crippen LogP contribution in [0.3, 0.4) is 0 Å². The zero-order valence-corrected chi connectivity index (χ0v) is 9.17. The molecule has 1 atom stereocenters. The lowest BCUT2D eigenvalue weighted by Gasteiger charge is -2.06. The summed E-state index contributed by atoms with van der Waals surface area (Å²) in [7, 11) is 0. The van der Waals surface area contributed by atoms with Gasteiger partial charge in [0.2, 0.25) is 6.04 Å². The summed E-state index contributed by atoms with van der Waals surface area (Å²) in [4.78, 5) is 10.7. The van der Waals surface area contributed by atoms with Crippen LogP contribution in [0.1, 0.15) is 13.3 Å². The van der Waals surface area contributed by atoms with Crippen molar-refractivity contribution in [1.29, 1.82) is 0 Å². The molecular formula is C10H12FNO2S. The van der Waals surface area contributed by atoms with Gasteiger partial charge in [-0.15, -0.1) is 11.8 Å². The maximum Gasteiger partial charge on any atom is 0.222 e. The molecule has 5 heteroatoms. The van der Waals surface area contributed by atoms with E-state index in [2.05, 4.69) is 0 Å². The van der Waals surface area contributed by atoms with Crippen molar-refractivity contribution in [3.8, 4) is 0 Å². The first-order chi connectivity index (χ1) is 7.15. The molecule has 82 valence electrons. The molecule has 0 amide bonds. The fraction of sp³-hybridized carbons (Fsp3) is 0.400. The van der Waals surface area contributed by atoms with E-state index in [1.807, 2.05) is 0 Å². The highest BCUT2D eigenvalue weighted by atomic mass is 32.2. The highest BCUT2D eigenvalue weighted by Crippen LogP contribution is 2.22. The Morgan fingerprint density at radius 3 is 2.73 bits per heavy atom. The van der Waals surface area contributed by atoms with Crippen LogP contribution in [-0.2, 0) is 0 Å².